The average molecular weight is 351 g/mol. The van der Waals surface area contributed by atoms with Crippen LogP contribution in [0.3, 0.4) is 0 Å². The van der Waals surface area contributed by atoms with E-state index >= 15 is 0 Å². The number of aryl methyl sites for hydroxylation is 2. The minimum absolute atomic E-state index is 0.181. The van der Waals surface area contributed by atoms with Crippen molar-refractivity contribution in [3.8, 4) is 0 Å². The zero-order chi connectivity index (χ0) is 18.8. The number of carbonyl (C=O) groups excluding carboxylic acids is 2. The molecule has 26 heavy (non-hydrogen) atoms. The maximum atomic E-state index is 13.1. The largest absolute Gasteiger partial charge is 0.481 e. The smallest absolute Gasteiger partial charge is 0.308 e. The van der Waals surface area contributed by atoms with E-state index in [0.29, 0.717) is 29.7 Å². The van der Waals surface area contributed by atoms with Crippen molar-refractivity contribution < 1.29 is 19.5 Å². The number of likely N-dealkylation sites (tertiary alicyclic amines) is 1. The maximum absolute atomic E-state index is 13.1. The van der Waals surface area contributed by atoms with Crippen molar-refractivity contribution in [2.75, 3.05) is 13.1 Å². The number of hydrogen-bond acceptors (Lipinski definition) is 3. The molecule has 1 saturated heterocycles. The van der Waals surface area contributed by atoms with Gasteiger partial charge in [-0.15, -0.1) is 0 Å². The predicted molar refractivity (Wildman–Crippen MR) is 97.4 cm³/mol. The summed E-state index contributed by atoms with van der Waals surface area (Å²) in [5, 5.41) is 9.14. The van der Waals surface area contributed by atoms with Crippen molar-refractivity contribution in [3.05, 3.63) is 70.3 Å². The number of carbonyl (C=O) groups is 3. The molecule has 0 radical (unpaired) electrons. The highest BCUT2D eigenvalue weighted by Crippen LogP contribution is 2.23. The molecule has 0 bridgehead atoms. The van der Waals surface area contributed by atoms with E-state index in [-0.39, 0.29) is 18.2 Å². The van der Waals surface area contributed by atoms with E-state index in [0.717, 1.165) is 11.1 Å². The summed E-state index contributed by atoms with van der Waals surface area (Å²) in [6.45, 7) is 4.36. The van der Waals surface area contributed by atoms with Crippen LogP contribution in [0.2, 0.25) is 0 Å². The SMILES string of the molecule is Cc1ccc(C)c(C(=O)c2ccccc2C(=O)N2CC[C@H](C(=O)O)C2)c1. The monoisotopic (exact) mass is 351 g/mol. The van der Waals surface area contributed by atoms with Gasteiger partial charge in [0, 0.05) is 24.2 Å². The van der Waals surface area contributed by atoms with Gasteiger partial charge in [-0.25, -0.2) is 0 Å². The van der Waals surface area contributed by atoms with Crippen LogP contribution in [0.1, 0.15) is 43.8 Å². The van der Waals surface area contributed by atoms with E-state index in [4.69, 9.17) is 5.11 Å². The molecule has 2 aromatic rings. The van der Waals surface area contributed by atoms with Crippen molar-refractivity contribution >= 4 is 17.7 Å². The Morgan fingerprint density at radius 2 is 1.69 bits per heavy atom. The maximum Gasteiger partial charge on any atom is 0.308 e. The second-order valence-electron chi connectivity index (χ2n) is 6.77. The summed E-state index contributed by atoms with van der Waals surface area (Å²) in [6.07, 6.45) is 0.439. The molecule has 0 saturated carbocycles. The Morgan fingerprint density at radius 3 is 2.35 bits per heavy atom. The second-order valence-corrected chi connectivity index (χ2v) is 6.77. The molecule has 1 heterocycles. The summed E-state index contributed by atoms with van der Waals surface area (Å²) in [7, 11) is 0. The first kappa shape index (κ1) is 17.9. The molecule has 5 heteroatoms. The summed E-state index contributed by atoms with van der Waals surface area (Å²) in [5.74, 6) is -1.91. The Hall–Kier alpha value is -2.95. The van der Waals surface area contributed by atoms with Gasteiger partial charge in [-0.05, 0) is 38.0 Å². The Labute approximate surface area is 152 Å². The lowest BCUT2D eigenvalue weighted by atomic mass is 9.94. The average Bonchev–Trinajstić information content (AvgIpc) is 3.13. The van der Waals surface area contributed by atoms with Crippen LogP contribution in [0.15, 0.2) is 42.5 Å². The van der Waals surface area contributed by atoms with Crippen LogP contribution in [-0.4, -0.2) is 40.8 Å². The van der Waals surface area contributed by atoms with Gasteiger partial charge < -0.3 is 10.0 Å². The molecule has 1 aliphatic rings. The Morgan fingerprint density at radius 1 is 1.00 bits per heavy atom. The quantitative estimate of drug-likeness (QED) is 0.859. The molecule has 1 fully saturated rings. The van der Waals surface area contributed by atoms with Crippen LogP contribution in [0.5, 0.6) is 0 Å². The third-order valence-corrected chi connectivity index (χ3v) is 4.86. The molecule has 1 amide bonds. The molecule has 0 unspecified atom stereocenters. The van der Waals surface area contributed by atoms with Gasteiger partial charge in [0.15, 0.2) is 5.78 Å². The van der Waals surface area contributed by atoms with E-state index in [9.17, 15) is 14.4 Å². The van der Waals surface area contributed by atoms with Crippen LogP contribution in [0.4, 0.5) is 0 Å². The molecule has 1 aliphatic heterocycles. The van der Waals surface area contributed by atoms with E-state index in [2.05, 4.69) is 0 Å². The third kappa shape index (κ3) is 3.38. The van der Waals surface area contributed by atoms with E-state index in [1.54, 1.807) is 24.3 Å². The van der Waals surface area contributed by atoms with E-state index < -0.39 is 11.9 Å². The van der Waals surface area contributed by atoms with Crippen LogP contribution in [-0.2, 0) is 4.79 Å². The molecule has 134 valence electrons. The standard InChI is InChI=1S/C21H21NO4/c1-13-7-8-14(2)18(11-13)19(23)16-5-3-4-6-17(16)20(24)22-10-9-15(12-22)21(25)26/h3-8,11,15H,9-10,12H2,1-2H3,(H,25,26)/t15-/m0/s1. The highest BCUT2D eigenvalue weighted by atomic mass is 16.4. The fraction of sp³-hybridized carbons (Fsp3) is 0.286. The number of amides is 1. The van der Waals surface area contributed by atoms with Crippen LogP contribution in [0.25, 0.3) is 0 Å². The molecule has 0 aromatic heterocycles. The Balaban J connectivity index is 1.94. The second kappa shape index (κ2) is 7.12. The summed E-state index contributed by atoms with van der Waals surface area (Å²) in [6, 6.07) is 12.4. The minimum Gasteiger partial charge on any atom is -0.481 e. The molecular weight excluding hydrogens is 330 g/mol. The first-order chi connectivity index (χ1) is 12.4. The van der Waals surface area contributed by atoms with Gasteiger partial charge >= 0.3 is 5.97 Å². The number of benzene rings is 2. The fourth-order valence-corrected chi connectivity index (χ4v) is 3.31. The van der Waals surface area contributed by atoms with Crippen molar-refractivity contribution in [1.29, 1.82) is 0 Å². The number of aliphatic carboxylic acids is 1. The zero-order valence-electron chi connectivity index (χ0n) is 14.9. The normalized spacial score (nSPS) is 16.5. The van der Waals surface area contributed by atoms with Gasteiger partial charge in [-0.3, -0.25) is 14.4 Å². The lowest BCUT2D eigenvalue weighted by molar-refractivity contribution is -0.141. The zero-order valence-corrected chi connectivity index (χ0v) is 14.9. The van der Waals surface area contributed by atoms with Gasteiger partial charge in [0.05, 0.1) is 11.5 Å². The summed E-state index contributed by atoms with van der Waals surface area (Å²) >= 11 is 0. The fourth-order valence-electron chi connectivity index (χ4n) is 3.31. The summed E-state index contributed by atoms with van der Waals surface area (Å²) < 4.78 is 0. The lowest BCUT2D eigenvalue weighted by Gasteiger charge is -2.18. The Bertz CT molecular complexity index is 887. The Kier molecular flexibility index (Phi) is 4.89. The molecule has 0 aliphatic carbocycles. The van der Waals surface area contributed by atoms with Crippen molar-refractivity contribution in [2.24, 2.45) is 5.92 Å². The van der Waals surface area contributed by atoms with Crippen LogP contribution < -0.4 is 0 Å². The minimum atomic E-state index is -0.889. The van der Waals surface area contributed by atoms with E-state index in [1.807, 2.05) is 32.0 Å². The molecule has 2 aromatic carbocycles. The summed E-state index contributed by atoms with van der Waals surface area (Å²) in [5.41, 5.74) is 3.09. The molecule has 5 nitrogen and oxygen atoms in total. The number of hydrogen-bond donors (Lipinski definition) is 1. The number of rotatable bonds is 4. The van der Waals surface area contributed by atoms with Gasteiger partial charge in [0.1, 0.15) is 0 Å². The van der Waals surface area contributed by atoms with Gasteiger partial charge in [0.2, 0.25) is 0 Å². The summed E-state index contributed by atoms with van der Waals surface area (Å²) in [4.78, 5) is 38.6. The third-order valence-electron chi connectivity index (χ3n) is 4.86. The number of carboxylic acid groups (broad SMARTS) is 1. The predicted octanol–water partition coefficient (Wildman–Crippen LogP) is 3.08. The molecular formula is C21H21NO4. The van der Waals surface area contributed by atoms with Gasteiger partial charge in [-0.2, -0.15) is 0 Å². The highest BCUT2D eigenvalue weighted by molar-refractivity contribution is 6.16. The molecule has 1 atom stereocenters. The molecule has 3 rings (SSSR count). The van der Waals surface area contributed by atoms with Crippen molar-refractivity contribution in [3.63, 3.8) is 0 Å². The van der Waals surface area contributed by atoms with E-state index in [1.165, 1.54) is 4.90 Å². The van der Waals surface area contributed by atoms with Crippen molar-refractivity contribution in [1.82, 2.24) is 4.90 Å². The van der Waals surface area contributed by atoms with Gasteiger partial charge in [0.25, 0.3) is 5.91 Å². The molecule has 1 N–H and O–H groups in total. The molecule has 0 spiro atoms. The number of carboxylic acids is 1. The number of nitrogens with zero attached hydrogens (tertiary/aromatic N) is 1. The van der Waals surface area contributed by atoms with Crippen LogP contribution in [0, 0.1) is 19.8 Å². The first-order valence-corrected chi connectivity index (χ1v) is 8.61. The number of ketones is 1. The lowest BCUT2D eigenvalue weighted by Crippen LogP contribution is -2.31. The van der Waals surface area contributed by atoms with Crippen LogP contribution >= 0.6 is 0 Å². The van der Waals surface area contributed by atoms with Gasteiger partial charge in [-0.1, -0.05) is 35.9 Å². The van der Waals surface area contributed by atoms with Crippen molar-refractivity contribution in [2.45, 2.75) is 20.3 Å². The first-order valence-electron chi connectivity index (χ1n) is 8.61. The highest BCUT2D eigenvalue weighted by Gasteiger charge is 2.32. The topological polar surface area (TPSA) is 74.7 Å².